The molecular weight excluding hydrogens is 405 g/mol. The molecule has 0 aliphatic carbocycles. The van der Waals surface area contributed by atoms with Gasteiger partial charge in [-0.2, -0.15) is 0 Å². The summed E-state index contributed by atoms with van der Waals surface area (Å²) in [5, 5.41) is 3.33. The number of hydrogen-bond acceptors (Lipinski definition) is 4. The third-order valence-electron chi connectivity index (χ3n) is 6.37. The maximum absolute atomic E-state index is 15.4. The van der Waals surface area contributed by atoms with Crippen LogP contribution in [-0.2, 0) is 30.6 Å². The van der Waals surface area contributed by atoms with E-state index < -0.39 is 11.8 Å². The summed E-state index contributed by atoms with van der Waals surface area (Å²) in [6.07, 6.45) is 4.03. The molecule has 0 radical (unpaired) electrons. The van der Waals surface area contributed by atoms with Crippen LogP contribution in [0.3, 0.4) is 0 Å². The number of carbonyl (C=O) groups is 1. The van der Waals surface area contributed by atoms with Gasteiger partial charge in [-0.05, 0) is 60.8 Å². The fraction of sp³-hybridized carbons (Fsp3) is 0.538. The van der Waals surface area contributed by atoms with Crippen LogP contribution in [0.15, 0.2) is 36.4 Å². The van der Waals surface area contributed by atoms with E-state index in [-0.39, 0.29) is 13.2 Å². The number of rotatable bonds is 7. The smallest absolute Gasteiger partial charge is 0.410 e. The molecule has 6 heteroatoms. The van der Waals surface area contributed by atoms with Gasteiger partial charge in [0.2, 0.25) is 0 Å². The zero-order valence-corrected chi connectivity index (χ0v) is 19.2. The van der Waals surface area contributed by atoms with E-state index in [1.807, 2.05) is 18.2 Å². The molecule has 3 heterocycles. The minimum absolute atomic E-state index is 0.0857. The molecule has 2 aliphatic heterocycles. The van der Waals surface area contributed by atoms with Gasteiger partial charge in [0.05, 0.1) is 6.54 Å². The molecule has 1 aromatic carbocycles. The first-order valence-corrected chi connectivity index (χ1v) is 11.8. The topological polar surface area (TPSA) is 54.5 Å². The number of pyridine rings is 1. The second kappa shape index (κ2) is 9.88. The van der Waals surface area contributed by atoms with Gasteiger partial charge in [0.15, 0.2) is 0 Å². The molecule has 1 N–H and O–H groups in total. The van der Waals surface area contributed by atoms with Gasteiger partial charge >= 0.3 is 6.09 Å². The number of carbonyl (C=O) groups excluding carboxylic acids is 1. The highest BCUT2D eigenvalue weighted by atomic mass is 19.1. The van der Waals surface area contributed by atoms with Gasteiger partial charge in [-0.25, -0.2) is 14.2 Å². The van der Waals surface area contributed by atoms with Crippen LogP contribution in [0, 0.1) is 5.92 Å². The number of amides is 1. The molecule has 0 saturated carbocycles. The van der Waals surface area contributed by atoms with Gasteiger partial charge in [-0.3, -0.25) is 0 Å². The second-order valence-corrected chi connectivity index (χ2v) is 9.63. The van der Waals surface area contributed by atoms with Gasteiger partial charge < -0.3 is 15.0 Å². The average molecular weight is 440 g/mol. The molecule has 2 aliphatic rings. The monoisotopic (exact) mass is 439 g/mol. The number of likely N-dealkylation sites (tertiary alicyclic amines) is 1. The summed E-state index contributed by atoms with van der Waals surface area (Å²) in [5.74, 6) is 1.55. The van der Waals surface area contributed by atoms with Crippen LogP contribution in [0.1, 0.15) is 55.5 Å². The minimum atomic E-state index is -1.39. The van der Waals surface area contributed by atoms with Gasteiger partial charge in [-0.15, -0.1) is 0 Å². The Morgan fingerprint density at radius 3 is 2.78 bits per heavy atom. The number of ether oxygens (including phenoxy) is 1. The largest absolute Gasteiger partial charge is 0.445 e. The summed E-state index contributed by atoms with van der Waals surface area (Å²) in [5.41, 5.74) is 2.98. The molecule has 172 valence electrons. The van der Waals surface area contributed by atoms with Crippen molar-refractivity contribution in [2.75, 3.05) is 25.0 Å². The highest BCUT2D eigenvalue weighted by Crippen LogP contribution is 2.31. The van der Waals surface area contributed by atoms with E-state index in [0.717, 1.165) is 42.9 Å². The first kappa shape index (κ1) is 22.6. The van der Waals surface area contributed by atoms with E-state index >= 15 is 4.39 Å². The van der Waals surface area contributed by atoms with Gasteiger partial charge in [-0.1, -0.05) is 44.2 Å². The van der Waals surface area contributed by atoms with Crippen molar-refractivity contribution in [1.29, 1.82) is 0 Å². The number of alkyl halides is 1. The number of hydrogen-bond donors (Lipinski definition) is 1. The summed E-state index contributed by atoms with van der Waals surface area (Å²) in [6, 6.07) is 12.3. The first-order chi connectivity index (χ1) is 15.4. The fourth-order valence-electron chi connectivity index (χ4n) is 4.53. The summed E-state index contributed by atoms with van der Waals surface area (Å²) in [6.45, 7) is 6.01. The van der Waals surface area contributed by atoms with Crippen molar-refractivity contribution in [1.82, 2.24) is 9.88 Å². The Kier molecular flexibility index (Phi) is 6.97. The van der Waals surface area contributed by atoms with E-state index in [1.54, 1.807) is 0 Å². The van der Waals surface area contributed by atoms with Crippen molar-refractivity contribution in [2.24, 2.45) is 5.92 Å². The molecule has 0 spiro atoms. The van der Waals surface area contributed by atoms with Crippen LogP contribution in [0.5, 0.6) is 0 Å². The van der Waals surface area contributed by atoms with Crippen LogP contribution in [-0.4, -0.2) is 41.3 Å². The number of benzene rings is 1. The fourth-order valence-corrected chi connectivity index (χ4v) is 4.53. The Hall–Kier alpha value is -2.63. The Morgan fingerprint density at radius 2 is 2.00 bits per heavy atom. The Bertz CT molecular complexity index is 931. The molecule has 1 fully saturated rings. The molecule has 1 saturated heterocycles. The summed E-state index contributed by atoms with van der Waals surface area (Å²) >= 11 is 0. The first-order valence-electron chi connectivity index (χ1n) is 11.8. The lowest BCUT2D eigenvalue weighted by atomic mass is 9.97. The predicted octanol–water partition coefficient (Wildman–Crippen LogP) is 5.32. The summed E-state index contributed by atoms with van der Waals surface area (Å²) < 4.78 is 20.8. The number of aromatic nitrogens is 1. The number of halogens is 1. The van der Waals surface area contributed by atoms with E-state index in [0.29, 0.717) is 31.7 Å². The molecular formula is C26H34FN3O2. The molecule has 32 heavy (non-hydrogen) atoms. The Labute approximate surface area is 190 Å². The van der Waals surface area contributed by atoms with Crippen molar-refractivity contribution >= 4 is 11.9 Å². The quantitative estimate of drug-likeness (QED) is 0.634. The maximum Gasteiger partial charge on any atom is 0.410 e. The molecule has 4 rings (SSSR count). The number of anilines is 1. The van der Waals surface area contributed by atoms with Crippen molar-refractivity contribution in [2.45, 2.75) is 64.6 Å². The third kappa shape index (κ3) is 5.78. The lowest BCUT2D eigenvalue weighted by molar-refractivity contribution is 0.0924. The van der Waals surface area contributed by atoms with E-state index in [4.69, 9.17) is 4.74 Å². The van der Waals surface area contributed by atoms with Crippen LogP contribution >= 0.6 is 0 Å². The highest BCUT2D eigenvalue weighted by molar-refractivity contribution is 5.68. The molecule has 1 amide bonds. The molecule has 1 aromatic heterocycles. The van der Waals surface area contributed by atoms with Gasteiger partial charge in [0.25, 0.3) is 0 Å². The Balaban J connectivity index is 1.24. The van der Waals surface area contributed by atoms with E-state index in [1.165, 1.54) is 16.0 Å². The van der Waals surface area contributed by atoms with Crippen LogP contribution in [0.4, 0.5) is 15.0 Å². The molecule has 0 bridgehead atoms. The predicted molar refractivity (Wildman–Crippen MR) is 125 cm³/mol. The highest BCUT2D eigenvalue weighted by Gasteiger charge is 2.40. The normalized spacial score (nSPS) is 20.2. The summed E-state index contributed by atoms with van der Waals surface area (Å²) in [7, 11) is 0. The van der Waals surface area contributed by atoms with Crippen molar-refractivity contribution in [3.8, 4) is 0 Å². The summed E-state index contributed by atoms with van der Waals surface area (Å²) in [4.78, 5) is 18.6. The number of nitrogens with one attached hydrogen (secondary N) is 1. The molecule has 0 unspecified atom stereocenters. The van der Waals surface area contributed by atoms with Crippen molar-refractivity contribution in [3.05, 3.63) is 58.8 Å². The lowest BCUT2D eigenvalue weighted by Crippen LogP contribution is -2.34. The van der Waals surface area contributed by atoms with Crippen LogP contribution in [0.25, 0.3) is 0 Å². The van der Waals surface area contributed by atoms with Crippen molar-refractivity contribution < 1.29 is 13.9 Å². The lowest BCUT2D eigenvalue weighted by Gasteiger charge is -2.21. The zero-order valence-electron chi connectivity index (χ0n) is 19.2. The van der Waals surface area contributed by atoms with Gasteiger partial charge in [0, 0.05) is 25.2 Å². The maximum atomic E-state index is 15.4. The zero-order chi connectivity index (χ0) is 22.6. The van der Waals surface area contributed by atoms with Crippen LogP contribution < -0.4 is 5.32 Å². The Morgan fingerprint density at radius 1 is 1.22 bits per heavy atom. The van der Waals surface area contributed by atoms with E-state index in [9.17, 15) is 4.79 Å². The number of aryl methyl sites for hydroxylation is 2. The molecule has 5 nitrogen and oxygen atoms in total. The van der Waals surface area contributed by atoms with Gasteiger partial charge in [0.1, 0.15) is 18.1 Å². The SMILES string of the molecule is CC(C)Cc1ccc(COC(=O)N2CC[C@@](F)(CCc3ccc4c(n3)NCCC4)C2)cc1. The average Bonchev–Trinajstić information content (AvgIpc) is 3.19. The van der Waals surface area contributed by atoms with E-state index in [2.05, 4.69) is 42.3 Å². The van der Waals surface area contributed by atoms with Crippen LogP contribution in [0.2, 0.25) is 0 Å². The van der Waals surface area contributed by atoms with Crippen molar-refractivity contribution in [3.63, 3.8) is 0 Å². The molecule has 2 aromatic rings. The number of fused-ring (bicyclic) bond motifs is 1. The standard InChI is InChI=1S/C26H34FN3O2/c1-19(2)16-20-5-7-21(8-6-20)17-32-25(31)30-15-13-26(27,18-30)12-11-23-10-9-22-4-3-14-28-24(22)29-23/h5-10,19H,3-4,11-18H2,1-2H3,(H,28,29)/t26-/m0/s1. The minimum Gasteiger partial charge on any atom is -0.445 e. The third-order valence-corrected chi connectivity index (χ3v) is 6.37. The molecule has 1 atom stereocenters. The number of nitrogens with zero attached hydrogens (tertiary/aromatic N) is 2. The second-order valence-electron chi connectivity index (χ2n) is 9.63.